The summed E-state index contributed by atoms with van der Waals surface area (Å²) in [5.74, 6) is 1.21. The molecule has 0 unspecified atom stereocenters. The maximum Gasteiger partial charge on any atom is 0.332 e. The summed E-state index contributed by atoms with van der Waals surface area (Å²) in [5.41, 5.74) is 13.0. The van der Waals surface area contributed by atoms with Crippen molar-refractivity contribution in [3.63, 3.8) is 0 Å². The fourth-order valence-electron chi connectivity index (χ4n) is 3.63. The molecule has 2 aromatic rings. The quantitative estimate of drug-likeness (QED) is 0.487. The summed E-state index contributed by atoms with van der Waals surface area (Å²) in [6.07, 6.45) is 4.23. The van der Waals surface area contributed by atoms with Crippen LogP contribution >= 0.6 is 0 Å². The van der Waals surface area contributed by atoms with Crippen molar-refractivity contribution in [2.75, 3.05) is 18.2 Å². The van der Waals surface area contributed by atoms with Gasteiger partial charge >= 0.3 is 5.69 Å². The number of aromatic nitrogens is 2. The molecule has 0 spiro atoms. The molecule has 0 saturated heterocycles. The average molecular weight is 386 g/mol. The second-order valence-electron chi connectivity index (χ2n) is 7.14. The van der Waals surface area contributed by atoms with Gasteiger partial charge in [0.25, 0.3) is 0 Å². The van der Waals surface area contributed by atoms with Gasteiger partial charge in [0.15, 0.2) is 0 Å². The fourth-order valence-corrected chi connectivity index (χ4v) is 3.63. The molecule has 5 N–H and O–H groups in total. The van der Waals surface area contributed by atoms with Gasteiger partial charge in [0.2, 0.25) is 11.8 Å². The van der Waals surface area contributed by atoms with E-state index < -0.39 is 4.92 Å². The molecule has 0 atom stereocenters. The predicted molar refractivity (Wildman–Crippen MR) is 107 cm³/mol. The molecule has 1 saturated carbocycles. The second-order valence-corrected chi connectivity index (χ2v) is 7.14. The Bertz CT molecular complexity index is 836. The largest absolute Gasteiger partial charge is 0.496 e. The number of nitrogen functional groups attached to an aromatic ring is 1. The molecule has 1 aliphatic carbocycles. The van der Waals surface area contributed by atoms with Crippen molar-refractivity contribution >= 4 is 17.5 Å². The maximum absolute atomic E-state index is 11.5. The lowest BCUT2D eigenvalue weighted by Gasteiger charge is -2.25. The van der Waals surface area contributed by atoms with Crippen LogP contribution in [0.5, 0.6) is 5.75 Å². The number of rotatable bonds is 7. The number of para-hydroxylation sites is 1. The van der Waals surface area contributed by atoms with Crippen LogP contribution in [0.1, 0.15) is 36.9 Å². The van der Waals surface area contributed by atoms with Crippen LogP contribution in [0.2, 0.25) is 0 Å². The zero-order valence-electron chi connectivity index (χ0n) is 15.9. The number of methoxy groups -OCH3 is 1. The third-order valence-electron chi connectivity index (χ3n) is 5.17. The van der Waals surface area contributed by atoms with Crippen LogP contribution in [0.3, 0.4) is 0 Å². The van der Waals surface area contributed by atoms with Crippen molar-refractivity contribution in [2.45, 2.75) is 44.7 Å². The van der Waals surface area contributed by atoms with E-state index in [0.29, 0.717) is 24.6 Å². The van der Waals surface area contributed by atoms with Crippen LogP contribution in [0.25, 0.3) is 0 Å². The highest BCUT2D eigenvalue weighted by Gasteiger charge is 2.27. The van der Waals surface area contributed by atoms with E-state index >= 15 is 0 Å². The smallest absolute Gasteiger partial charge is 0.332 e. The van der Waals surface area contributed by atoms with Gasteiger partial charge in [0, 0.05) is 18.2 Å². The average Bonchev–Trinajstić information content (AvgIpc) is 2.67. The number of anilines is 2. The highest BCUT2D eigenvalue weighted by Crippen LogP contribution is 2.32. The molecule has 1 aliphatic rings. The lowest BCUT2D eigenvalue weighted by molar-refractivity contribution is -0.385. The van der Waals surface area contributed by atoms with E-state index in [0.717, 1.165) is 37.0 Å². The van der Waals surface area contributed by atoms with Gasteiger partial charge in [-0.2, -0.15) is 4.98 Å². The third-order valence-corrected chi connectivity index (χ3v) is 5.17. The molecule has 1 aromatic heterocycles. The van der Waals surface area contributed by atoms with Crippen molar-refractivity contribution in [1.82, 2.24) is 9.97 Å². The molecular formula is C19H26N6O3. The van der Waals surface area contributed by atoms with Gasteiger partial charge in [-0.3, -0.25) is 10.1 Å². The molecular weight excluding hydrogens is 360 g/mol. The minimum Gasteiger partial charge on any atom is -0.496 e. The highest BCUT2D eigenvalue weighted by atomic mass is 16.6. The van der Waals surface area contributed by atoms with Crippen LogP contribution < -0.4 is 21.5 Å². The molecule has 9 heteroatoms. The molecule has 150 valence electrons. The van der Waals surface area contributed by atoms with Gasteiger partial charge in [-0.25, -0.2) is 4.98 Å². The number of hydrogen-bond acceptors (Lipinski definition) is 8. The first-order valence-electron chi connectivity index (χ1n) is 9.40. The summed E-state index contributed by atoms with van der Waals surface area (Å²) in [5, 5.41) is 14.6. The van der Waals surface area contributed by atoms with E-state index in [-0.39, 0.29) is 23.5 Å². The maximum atomic E-state index is 11.5. The fraction of sp³-hybridized carbons (Fsp3) is 0.474. The molecule has 9 nitrogen and oxygen atoms in total. The van der Waals surface area contributed by atoms with Crippen LogP contribution in [-0.2, 0) is 13.0 Å². The molecule has 3 rings (SSSR count). The first kappa shape index (κ1) is 19.8. The highest BCUT2D eigenvalue weighted by molar-refractivity contribution is 5.58. The number of nitro groups is 1. The van der Waals surface area contributed by atoms with Crippen molar-refractivity contribution in [3.05, 3.63) is 45.6 Å². The third kappa shape index (κ3) is 4.66. The number of hydrogen-bond donors (Lipinski definition) is 3. The number of nitrogens with two attached hydrogens (primary N) is 2. The Kier molecular flexibility index (Phi) is 6.25. The van der Waals surface area contributed by atoms with E-state index in [4.69, 9.17) is 16.2 Å². The first-order chi connectivity index (χ1) is 13.5. The number of nitrogens with zero attached hydrogens (tertiary/aromatic N) is 3. The SMILES string of the molecule is COc1ccccc1CNc1nc(N)c([N+](=O)[O-])c(C[C@H]2CC[C@H](N)CC2)n1. The molecule has 1 aromatic carbocycles. The summed E-state index contributed by atoms with van der Waals surface area (Å²) >= 11 is 0. The van der Waals surface area contributed by atoms with Crippen molar-refractivity contribution < 1.29 is 9.66 Å². The predicted octanol–water partition coefficient (Wildman–Crippen LogP) is 2.65. The summed E-state index contributed by atoms with van der Waals surface area (Å²) < 4.78 is 5.34. The molecule has 0 bridgehead atoms. The van der Waals surface area contributed by atoms with Gasteiger partial charge < -0.3 is 21.5 Å². The molecule has 1 fully saturated rings. The van der Waals surface area contributed by atoms with Crippen LogP contribution in [0, 0.1) is 16.0 Å². The lowest BCUT2D eigenvalue weighted by Crippen LogP contribution is -2.27. The van der Waals surface area contributed by atoms with E-state index in [2.05, 4.69) is 15.3 Å². The Balaban J connectivity index is 1.80. The summed E-state index contributed by atoms with van der Waals surface area (Å²) in [6, 6.07) is 7.80. The van der Waals surface area contributed by atoms with Crippen LogP contribution in [-0.4, -0.2) is 28.0 Å². The normalized spacial score (nSPS) is 19.2. The number of nitrogens with one attached hydrogen (secondary N) is 1. The van der Waals surface area contributed by atoms with Crippen molar-refractivity contribution in [2.24, 2.45) is 11.7 Å². The Hall–Kier alpha value is -2.94. The van der Waals surface area contributed by atoms with E-state index in [1.807, 2.05) is 24.3 Å². The molecule has 0 aliphatic heterocycles. The lowest BCUT2D eigenvalue weighted by atomic mass is 9.83. The van der Waals surface area contributed by atoms with Gasteiger partial charge in [-0.1, -0.05) is 18.2 Å². The second kappa shape index (κ2) is 8.83. The summed E-state index contributed by atoms with van der Waals surface area (Å²) in [7, 11) is 1.60. The van der Waals surface area contributed by atoms with Gasteiger partial charge in [0.05, 0.1) is 12.0 Å². The van der Waals surface area contributed by atoms with Crippen LogP contribution in [0.4, 0.5) is 17.5 Å². The summed E-state index contributed by atoms with van der Waals surface area (Å²) in [4.78, 5) is 19.5. The zero-order valence-corrected chi connectivity index (χ0v) is 15.9. The Morgan fingerprint density at radius 1 is 1.25 bits per heavy atom. The minimum atomic E-state index is -0.497. The standard InChI is InChI=1S/C19H26N6O3/c1-28-16-5-3-2-4-13(16)11-22-19-23-15(17(25(26)27)18(21)24-19)10-12-6-8-14(20)9-7-12/h2-5,12,14H,6-11,20H2,1H3,(H3,21,22,23,24)/t12-,14-. The molecule has 28 heavy (non-hydrogen) atoms. The first-order valence-corrected chi connectivity index (χ1v) is 9.40. The Morgan fingerprint density at radius 3 is 2.64 bits per heavy atom. The van der Waals surface area contributed by atoms with Gasteiger partial charge in [-0.05, 0) is 44.1 Å². The van der Waals surface area contributed by atoms with Crippen LogP contribution in [0.15, 0.2) is 24.3 Å². The van der Waals surface area contributed by atoms with Gasteiger partial charge in [-0.15, -0.1) is 0 Å². The number of benzene rings is 1. The zero-order chi connectivity index (χ0) is 20.1. The molecule has 0 amide bonds. The molecule has 1 heterocycles. The number of ether oxygens (including phenoxy) is 1. The molecule has 0 radical (unpaired) electrons. The minimum absolute atomic E-state index is 0.120. The Morgan fingerprint density at radius 2 is 1.96 bits per heavy atom. The monoisotopic (exact) mass is 386 g/mol. The van der Waals surface area contributed by atoms with E-state index in [1.165, 1.54) is 0 Å². The van der Waals surface area contributed by atoms with E-state index in [1.54, 1.807) is 7.11 Å². The van der Waals surface area contributed by atoms with E-state index in [9.17, 15) is 10.1 Å². The van der Waals surface area contributed by atoms with Crippen molar-refractivity contribution in [1.29, 1.82) is 0 Å². The topological polar surface area (TPSA) is 142 Å². The van der Waals surface area contributed by atoms with Gasteiger partial charge in [0.1, 0.15) is 11.4 Å². The summed E-state index contributed by atoms with van der Waals surface area (Å²) in [6.45, 7) is 0.416. The van der Waals surface area contributed by atoms with Crippen molar-refractivity contribution in [3.8, 4) is 5.75 Å². The Labute approximate surface area is 163 Å².